The Labute approximate surface area is 109 Å². The van der Waals surface area contributed by atoms with Gasteiger partial charge in [-0.2, -0.15) is 0 Å². The van der Waals surface area contributed by atoms with Crippen LogP contribution in [-0.4, -0.2) is 17.2 Å². The summed E-state index contributed by atoms with van der Waals surface area (Å²) in [5.74, 6) is -1.65. The van der Waals surface area contributed by atoms with Gasteiger partial charge < -0.3 is 9.84 Å². The van der Waals surface area contributed by atoms with Crippen LogP contribution in [0.2, 0.25) is 0 Å². The molecule has 3 nitrogen and oxygen atoms in total. The summed E-state index contributed by atoms with van der Waals surface area (Å²) < 4.78 is 32.0. The van der Waals surface area contributed by atoms with Crippen LogP contribution in [0.5, 0.6) is 5.75 Å². The first-order valence-electron chi connectivity index (χ1n) is 5.63. The molecule has 1 aromatic carbocycles. The van der Waals surface area contributed by atoms with Gasteiger partial charge in [-0.05, 0) is 19.1 Å². The molecule has 100 valence electrons. The van der Waals surface area contributed by atoms with E-state index < -0.39 is 17.2 Å². The second-order valence-corrected chi connectivity index (χ2v) is 4.29. The van der Waals surface area contributed by atoms with E-state index in [9.17, 15) is 13.9 Å². The zero-order chi connectivity index (χ0) is 14.0. The fourth-order valence-corrected chi connectivity index (χ4v) is 1.83. The maximum atomic E-state index is 13.8. The maximum Gasteiger partial charge on any atom is 0.165 e. The number of aromatic nitrogens is 1. The standard InChI is InChI=1S/C14H13F2NO2/c1-14(18,9-6-10(19-2)8-17-7-9)11-4-3-5-12(15)13(11)16/h3-8,18H,1-2H3. The molecule has 2 aromatic rings. The maximum absolute atomic E-state index is 13.8. The SMILES string of the molecule is COc1cncc(C(C)(O)c2cccc(F)c2F)c1. The number of ether oxygens (including phenoxy) is 1. The van der Waals surface area contributed by atoms with Crippen molar-refractivity contribution in [2.45, 2.75) is 12.5 Å². The molecule has 0 radical (unpaired) electrons. The van der Waals surface area contributed by atoms with Crippen molar-refractivity contribution in [2.24, 2.45) is 0 Å². The summed E-state index contributed by atoms with van der Waals surface area (Å²) in [4.78, 5) is 3.90. The molecule has 1 unspecified atom stereocenters. The van der Waals surface area contributed by atoms with Gasteiger partial charge in [-0.25, -0.2) is 8.78 Å². The van der Waals surface area contributed by atoms with Crippen molar-refractivity contribution in [3.05, 3.63) is 59.4 Å². The van der Waals surface area contributed by atoms with Crippen molar-refractivity contribution in [1.29, 1.82) is 0 Å². The topological polar surface area (TPSA) is 42.4 Å². The summed E-state index contributed by atoms with van der Waals surface area (Å²) >= 11 is 0. The number of aliphatic hydroxyl groups is 1. The van der Waals surface area contributed by atoms with E-state index in [1.165, 1.54) is 44.6 Å². The largest absolute Gasteiger partial charge is 0.495 e. The molecule has 0 saturated carbocycles. The number of pyridine rings is 1. The molecule has 1 N–H and O–H groups in total. The first-order chi connectivity index (χ1) is 8.96. The van der Waals surface area contributed by atoms with Crippen molar-refractivity contribution in [1.82, 2.24) is 4.98 Å². The van der Waals surface area contributed by atoms with Gasteiger partial charge in [0.05, 0.1) is 13.3 Å². The third-order valence-corrected chi connectivity index (χ3v) is 2.99. The average Bonchev–Trinajstić information content (AvgIpc) is 2.41. The summed E-state index contributed by atoms with van der Waals surface area (Å²) in [6.45, 7) is 1.38. The Morgan fingerprint density at radius 3 is 2.68 bits per heavy atom. The number of benzene rings is 1. The van der Waals surface area contributed by atoms with E-state index in [-0.39, 0.29) is 5.56 Å². The van der Waals surface area contributed by atoms with Gasteiger partial charge >= 0.3 is 0 Å². The predicted octanol–water partition coefficient (Wildman–Crippen LogP) is 2.62. The van der Waals surface area contributed by atoms with E-state index >= 15 is 0 Å². The molecule has 0 aliphatic heterocycles. The van der Waals surface area contributed by atoms with Crippen molar-refractivity contribution >= 4 is 0 Å². The zero-order valence-corrected chi connectivity index (χ0v) is 10.5. The minimum atomic E-state index is -1.70. The first-order valence-corrected chi connectivity index (χ1v) is 5.63. The predicted molar refractivity (Wildman–Crippen MR) is 65.8 cm³/mol. The van der Waals surface area contributed by atoms with Crippen LogP contribution in [0.4, 0.5) is 8.78 Å². The van der Waals surface area contributed by atoms with Crippen molar-refractivity contribution in [2.75, 3.05) is 7.11 Å². The van der Waals surface area contributed by atoms with Gasteiger partial charge in [0.25, 0.3) is 0 Å². The van der Waals surface area contributed by atoms with Crippen molar-refractivity contribution in [3.63, 3.8) is 0 Å². The second kappa shape index (κ2) is 4.93. The molecule has 1 heterocycles. The van der Waals surface area contributed by atoms with Crippen LogP contribution in [0.25, 0.3) is 0 Å². The highest BCUT2D eigenvalue weighted by atomic mass is 19.2. The molecule has 2 rings (SSSR count). The molecule has 0 bridgehead atoms. The van der Waals surface area contributed by atoms with E-state index in [0.717, 1.165) is 6.07 Å². The Morgan fingerprint density at radius 2 is 2.00 bits per heavy atom. The molecule has 1 atom stereocenters. The molecule has 0 aliphatic carbocycles. The van der Waals surface area contributed by atoms with Gasteiger partial charge in [0.15, 0.2) is 11.6 Å². The highest BCUT2D eigenvalue weighted by Crippen LogP contribution is 2.32. The molecule has 0 amide bonds. The van der Waals surface area contributed by atoms with Crippen LogP contribution in [-0.2, 0) is 5.60 Å². The lowest BCUT2D eigenvalue weighted by Gasteiger charge is -2.25. The molecule has 0 spiro atoms. The smallest absolute Gasteiger partial charge is 0.165 e. The summed E-state index contributed by atoms with van der Waals surface area (Å²) in [7, 11) is 1.46. The molecule has 19 heavy (non-hydrogen) atoms. The Kier molecular flexibility index (Phi) is 3.48. The minimum absolute atomic E-state index is 0.150. The average molecular weight is 265 g/mol. The number of rotatable bonds is 3. The third kappa shape index (κ3) is 2.42. The molecule has 0 fully saturated rings. The van der Waals surface area contributed by atoms with Crippen LogP contribution in [0.3, 0.4) is 0 Å². The van der Waals surface area contributed by atoms with Gasteiger partial charge in [-0.1, -0.05) is 12.1 Å². The van der Waals surface area contributed by atoms with Gasteiger partial charge in [-0.15, -0.1) is 0 Å². The lowest BCUT2D eigenvalue weighted by molar-refractivity contribution is 0.0963. The molecule has 5 heteroatoms. The normalized spacial score (nSPS) is 13.9. The molecule has 1 aromatic heterocycles. The highest BCUT2D eigenvalue weighted by Gasteiger charge is 2.30. The van der Waals surface area contributed by atoms with E-state index in [2.05, 4.69) is 4.98 Å². The van der Waals surface area contributed by atoms with Gasteiger partial charge in [-0.3, -0.25) is 4.98 Å². The van der Waals surface area contributed by atoms with E-state index in [0.29, 0.717) is 11.3 Å². The molecular weight excluding hydrogens is 252 g/mol. The summed E-state index contributed by atoms with van der Waals surface area (Å²) in [6, 6.07) is 5.20. The third-order valence-electron chi connectivity index (χ3n) is 2.99. The number of methoxy groups -OCH3 is 1. The van der Waals surface area contributed by atoms with E-state index in [1.807, 2.05) is 0 Å². The number of nitrogens with zero attached hydrogens (tertiary/aromatic N) is 1. The van der Waals surface area contributed by atoms with Crippen LogP contribution in [0, 0.1) is 11.6 Å². The van der Waals surface area contributed by atoms with E-state index in [1.54, 1.807) is 0 Å². The van der Waals surface area contributed by atoms with Crippen molar-refractivity contribution < 1.29 is 18.6 Å². The van der Waals surface area contributed by atoms with Crippen LogP contribution in [0.1, 0.15) is 18.1 Å². The van der Waals surface area contributed by atoms with Crippen LogP contribution >= 0.6 is 0 Å². The van der Waals surface area contributed by atoms with Gasteiger partial charge in [0, 0.05) is 17.3 Å². The van der Waals surface area contributed by atoms with Crippen LogP contribution in [0.15, 0.2) is 36.7 Å². The number of hydrogen-bond donors (Lipinski definition) is 1. The Morgan fingerprint density at radius 1 is 1.26 bits per heavy atom. The fourth-order valence-electron chi connectivity index (χ4n) is 1.83. The zero-order valence-electron chi connectivity index (χ0n) is 10.5. The molecule has 0 saturated heterocycles. The summed E-state index contributed by atoms with van der Waals surface area (Å²) in [5.41, 5.74) is -1.54. The summed E-state index contributed by atoms with van der Waals surface area (Å²) in [5, 5.41) is 10.5. The fraction of sp³-hybridized carbons (Fsp3) is 0.214. The minimum Gasteiger partial charge on any atom is -0.495 e. The van der Waals surface area contributed by atoms with Gasteiger partial charge in [0.1, 0.15) is 11.4 Å². The Bertz CT molecular complexity index is 600. The lowest BCUT2D eigenvalue weighted by atomic mass is 9.89. The van der Waals surface area contributed by atoms with E-state index in [4.69, 9.17) is 4.74 Å². The number of halogens is 2. The number of hydrogen-bond acceptors (Lipinski definition) is 3. The Balaban J connectivity index is 2.54. The second-order valence-electron chi connectivity index (χ2n) is 4.29. The summed E-state index contributed by atoms with van der Waals surface area (Å²) in [6.07, 6.45) is 2.84. The molecular formula is C14H13F2NO2. The molecule has 0 aliphatic rings. The van der Waals surface area contributed by atoms with Gasteiger partial charge in [0.2, 0.25) is 0 Å². The Hall–Kier alpha value is -2.01. The first kappa shape index (κ1) is 13.4. The van der Waals surface area contributed by atoms with Crippen molar-refractivity contribution in [3.8, 4) is 5.75 Å². The monoisotopic (exact) mass is 265 g/mol. The quantitative estimate of drug-likeness (QED) is 0.927. The lowest BCUT2D eigenvalue weighted by Crippen LogP contribution is -2.25. The highest BCUT2D eigenvalue weighted by molar-refractivity contribution is 5.37. The van der Waals surface area contributed by atoms with Crippen LogP contribution < -0.4 is 4.74 Å².